The zero-order chi connectivity index (χ0) is 19.5. The van der Waals surface area contributed by atoms with Crippen molar-refractivity contribution in [1.29, 1.82) is 0 Å². The summed E-state index contributed by atoms with van der Waals surface area (Å²) in [6.07, 6.45) is 0. The number of H-pyrrole nitrogens is 2. The number of carbonyl (C=O) groups excluding carboxylic acids is 1. The SMILES string of the molecule is CCOC(=O)c1[nH]c(-c2ccccc2)cc1-c1ccc(-c2cccc(F)c2)[nH]1. The molecule has 2 aromatic carbocycles. The molecule has 0 radical (unpaired) electrons. The largest absolute Gasteiger partial charge is 0.461 e. The highest BCUT2D eigenvalue weighted by Gasteiger charge is 2.20. The number of nitrogens with one attached hydrogen (secondary N) is 2. The van der Waals surface area contributed by atoms with E-state index in [2.05, 4.69) is 9.97 Å². The molecule has 0 saturated heterocycles. The molecule has 2 heterocycles. The van der Waals surface area contributed by atoms with E-state index in [1.807, 2.05) is 54.6 Å². The van der Waals surface area contributed by atoms with Gasteiger partial charge in [-0.3, -0.25) is 0 Å². The van der Waals surface area contributed by atoms with Crippen LogP contribution in [0.15, 0.2) is 72.8 Å². The van der Waals surface area contributed by atoms with Crippen LogP contribution in [0.25, 0.3) is 33.8 Å². The fraction of sp³-hybridized carbons (Fsp3) is 0.0870. The second-order valence-electron chi connectivity index (χ2n) is 6.35. The van der Waals surface area contributed by atoms with Crippen LogP contribution >= 0.6 is 0 Å². The van der Waals surface area contributed by atoms with E-state index >= 15 is 0 Å². The number of hydrogen-bond donors (Lipinski definition) is 2. The van der Waals surface area contributed by atoms with Crippen LogP contribution in [0.4, 0.5) is 4.39 Å². The van der Waals surface area contributed by atoms with Crippen molar-refractivity contribution in [3.05, 3.63) is 84.3 Å². The summed E-state index contributed by atoms with van der Waals surface area (Å²) in [7, 11) is 0. The molecule has 0 saturated carbocycles. The lowest BCUT2D eigenvalue weighted by Gasteiger charge is -2.03. The molecular weight excluding hydrogens is 355 g/mol. The molecule has 2 N–H and O–H groups in total. The Bertz CT molecular complexity index is 1110. The third-order valence-corrected chi connectivity index (χ3v) is 4.49. The first kappa shape index (κ1) is 17.8. The quantitative estimate of drug-likeness (QED) is 0.443. The maximum atomic E-state index is 13.5. The van der Waals surface area contributed by atoms with Gasteiger partial charge in [0.15, 0.2) is 0 Å². The van der Waals surface area contributed by atoms with E-state index in [0.29, 0.717) is 11.3 Å². The topological polar surface area (TPSA) is 57.9 Å². The van der Waals surface area contributed by atoms with Gasteiger partial charge in [-0.25, -0.2) is 9.18 Å². The molecule has 140 valence electrons. The lowest BCUT2D eigenvalue weighted by Crippen LogP contribution is -2.06. The normalized spacial score (nSPS) is 10.8. The molecule has 0 spiro atoms. The van der Waals surface area contributed by atoms with Crippen molar-refractivity contribution in [3.63, 3.8) is 0 Å². The summed E-state index contributed by atoms with van der Waals surface area (Å²) >= 11 is 0. The third kappa shape index (κ3) is 3.47. The van der Waals surface area contributed by atoms with Crippen LogP contribution in [-0.2, 0) is 4.74 Å². The van der Waals surface area contributed by atoms with Gasteiger partial charge in [0.25, 0.3) is 0 Å². The van der Waals surface area contributed by atoms with Crippen molar-refractivity contribution in [3.8, 4) is 33.8 Å². The molecule has 0 atom stereocenters. The second kappa shape index (κ2) is 7.56. The van der Waals surface area contributed by atoms with Gasteiger partial charge in [0.1, 0.15) is 11.5 Å². The number of carbonyl (C=O) groups is 1. The minimum atomic E-state index is -0.415. The van der Waals surface area contributed by atoms with Gasteiger partial charge in [0.2, 0.25) is 0 Å². The minimum absolute atomic E-state index is 0.289. The van der Waals surface area contributed by atoms with E-state index < -0.39 is 5.97 Å². The van der Waals surface area contributed by atoms with Gasteiger partial charge in [-0.15, -0.1) is 0 Å². The number of hydrogen-bond acceptors (Lipinski definition) is 2. The van der Waals surface area contributed by atoms with Crippen molar-refractivity contribution in [2.45, 2.75) is 6.92 Å². The first-order valence-electron chi connectivity index (χ1n) is 9.06. The van der Waals surface area contributed by atoms with E-state index in [-0.39, 0.29) is 12.4 Å². The molecular formula is C23H19FN2O2. The van der Waals surface area contributed by atoms with Gasteiger partial charge in [-0.05, 0) is 42.8 Å². The van der Waals surface area contributed by atoms with Crippen molar-refractivity contribution in [2.24, 2.45) is 0 Å². The lowest BCUT2D eigenvalue weighted by molar-refractivity contribution is 0.0521. The maximum absolute atomic E-state index is 13.5. The number of aromatic amines is 2. The maximum Gasteiger partial charge on any atom is 0.355 e. The fourth-order valence-corrected chi connectivity index (χ4v) is 3.18. The molecule has 4 aromatic rings. The van der Waals surface area contributed by atoms with Crippen LogP contribution in [0.3, 0.4) is 0 Å². The molecule has 28 heavy (non-hydrogen) atoms. The summed E-state index contributed by atoms with van der Waals surface area (Å²) in [5.74, 6) is -0.713. The number of rotatable bonds is 5. The molecule has 0 fully saturated rings. The van der Waals surface area contributed by atoms with Crippen LogP contribution < -0.4 is 0 Å². The Labute approximate surface area is 162 Å². The number of halogens is 1. The van der Waals surface area contributed by atoms with Crippen LogP contribution in [-0.4, -0.2) is 22.5 Å². The number of aromatic nitrogens is 2. The zero-order valence-electron chi connectivity index (χ0n) is 15.3. The highest BCUT2D eigenvalue weighted by atomic mass is 19.1. The first-order chi connectivity index (χ1) is 13.7. The fourth-order valence-electron chi connectivity index (χ4n) is 3.18. The first-order valence-corrected chi connectivity index (χ1v) is 9.06. The minimum Gasteiger partial charge on any atom is -0.461 e. The van der Waals surface area contributed by atoms with Crippen molar-refractivity contribution < 1.29 is 13.9 Å². The molecule has 4 rings (SSSR count). The van der Waals surface area contributed by atoms with E-state index in [1.54, 1.807) is 13.0 Å². The van der Waals surface area contributed by atoms with Gasteiger partial charge in [-0.1, -0.05) is 42.5 Å². The summed E-state index contributed by atoms with van der Waals surface area (Å²) in [6, 6.07) is 21.8. The van der Waals surface area contributed by atoms with Gasteiger partial charge >= 0.3 is 5.97 Å². The Balaban J connectivity index is 1.78. The van der Waals surface area contributed by atoms with Crippen molar-refractivity contribution >= 4 is 5.97 Å². The van der Waals surface area contributed by atoms with Crippen LogP contribution in [0.1, 0.15) is 17.4 Å². The molecule has 0 aliphatic carbocycles. The summed E-state index contributed by atoms with van der Waals surface area (Å²) < 4.78 is 18.8. The van der Waals surface area contributed by atoms with Gasteiger partial charge in [0.05, 0.1) is 6.61 Å². The summed E-state index contributed by atoms with van der Waals surface area (Å²) in [5, 5.41) is 0. The predicted molar refractivity (Wildman–Crippen MR) is 107 cm³/mol. The van der Waals surface area contributed by atoms with E-state index in [9.17, 15) is 9.18 Å². The van der Waals surface area contributed by atoms with Crippen molar-refractivity contribution in [1.82, 2.24) is 9.97 Å². The molecule has 2 aromatic heterocycles. The van der Waals surface area contributed by atoms with E-state index in [1.165, 1.54) is 12.1 Å². The molecule has 0 aliphatic rings. The summed E-state index contributed by atoms with van der Waals surface area (Å²) in [4.78, 5) is 19.0. The summed E-state index contributed by atoms with van der Waals surface area (Å²) in [5.41, 5.74) is 5.14. The van der Waals surface area contributed by atoms with Crippen LogP contribution in [0.2, 0.25) is 0 Å². The number of esters is 1. The zero-order valence-corrected chi connectivity index (χ0v) is 15.3. The van der Waals surface area contributed by atoms with Gasteiger partial charge in [0, 0.05) is 28.2 Å². The highest BCUT2D eigenvalue weighted by Crippen LogP contribution is 2.32. The molecule has 0 aliphatic heterocycles. The Morgan fingerprint density at radius 3 is 2.36 bits per heavy atom. The third-order valence-electron chi connectivity index (χ3n) is 4.49. The Kier molecular flexibility index (Phi) is 4.81. The number of benzene rings is 2. The Morgan fingerprint density at radius 2 is 1.61 bits per heavy atom. The van der Waals surface area contributed by atoms with Gasteiger partial charge in [-0.2, -0.15) is 0 Å². The Hall–Kier alpha value is -3.60. The standard InChI is InChI=1S/C23H19FN2O2/c1-2-28-23(27)22-18(14-21(26-22)15-7-4-3-5-8-15)20-12-11-19(25-20)16-9-6-10-17(24)13-16/h3-14,25-26H,2H2,1H3. The molecule has 4 nitrogen and oxygen atoms in total. The number of ether oxygens (including phenoxy) is 1. The van der Waals surface area contributed by atoms with E-state index in [4.69, 9.17) is 4.74 Å². The van der Waals surface area contributed by atoms with E-state index in [0.717, 1.165) is 28.2 Å². The average Bonchev–Trinajstić information content (AvgIpc) is 3.36. The van der Waals surface area contributed by atoms with Crippen molar-refractivity contribution in [2.75, 3.05) is 6.61 Å². The molecule has 0 bridgehead atoms. The molecule has 0 unspecified atom stereocenters. The van der Waals surface area contributed by atoms with Gasteiger partial charge < -0.3 is 14.7 Å². The smallest absolute Gasteiger partial charge is 0.355 e. The predicted octanol–water partition coefficient (Wildman–Crippen LogP) is 5.66. The second-order valence-corrected chi connectivity index (χ2v) is 6.35. The molecule has 0 amide bonds. The average molecular weight is 374 g/mol. The highest BCUT2D eigenvalue weighted by molar-refractivity contribution is 5.97. The monoisotopic (exact) mass is 374 g/mol. The van der Waals surface area contributed by atoms with Crippen LogP contribution in [0, 0.1) is 5.82 Å². The lowest BCUT2D eigenvalue weighted by atomic mass is 10.1. The molecule has 5 heteroatoms. The van der Waals surface area contributed by atoms with Crippen LogP contribution in [0.5, 0.6) is 0 Å². The Morgan fingerprint density at radius 1 is 0.857 bits per heavy atom. The summed E-state index contributed by atoms with van der Waals surface area (Å²) in [6.45, 7) is 2.06.